The normalized spacial score (nSPS) is 12.0. The van der Waals surface area contributed by atoms with Crippen LogP contribution in [-0.2, 0) is 4.79 Å². The van der Waals surface area contributed by atoms with E-state index in [4.69, 9.17) is 5.11 Å². The van der Waals surface area contributed by atoms with Crippen LogP contribution in [0.2, 0.25) is 0 Å². The van der Waals surface area contributed by atoms with Crippen molar-refractivity contribution in [1.29, 1.82) is 0 Å². The lowest BCUT2D eigenvalue weighted by atomic mass is 10.1. The lowest BCUT2D eigenvalue weighted by molar-refractivity contribution is -0.141. The third-order valence-electron chi connectivity index (χ3n) is 2.68. The molecule has 1 aromatic carbocycles. The molecule has 92 valence electrons. The summed E-state index contributed by atoms with van der Waals surface area (Å²) in [7, 11) is 1.34. The zero-order chi connectivity index (χ0) is 13.2. The fraction of sp³-hybridized carbons (Fsp3) is 0.333. The van der Waals surface area contributed by atoms with E-state index >= 15 is 0 Å². The molecule has 5 heteroatoms. The highest BCUT2D eigenvalue weighted by atomic mass is 19.1. The Morgan fingerprint density at radius 1 is 1.41 bits per heavy atom. The molecule has 0 saturated heterocycles. The molecule has 0 aliphatic carbocycles. The second kappa shape index (κ2) is 4.95. The minimum absolute atomic E-state index is 0.111. The molecule has 0 fully saturated rings. The molecule has 0 aromatic heterocycles. The average Bonchev–Trinajstić information content (AvgIpc) is 2.29. The Morgan fingerprint density at radius 3 is 2.53 bits per heavy atom. The van der Waals surface area contributed by atoms with Gasteiger partial charge in [-0.1, -0.05) is 12.1 Å². The first-order chi connectivity index (χ1) is 7.86. The number of aliphatic carboxylic acids is 1. The maximum absolute atomic E-state index is 13.7. The van der Waals surface area contributed by atoms with Gasteiger partial charge in [0.25, 0.3) is 5.91 Å². The maximum Gasteiger partial charge on any atom is 0.326 e. The second-order valence-corrected chi connectivity index (χ2v) is 3.87. The maximum atomic E-state index is 13.7. The van der Waals surface area contributed by atoms with Gasteiger partial charge >= 0.3 is 5.97 Å². The first-order valence-corrected chi connectivity index (χ1v) is 5.11. The van der Waals surface area contributed by atoms with Gasteiger partial charge in [-0.25, -0.2) is 9.18 Å². The standard InChI is InChI=1S/C12H14FNO3/c1-7-5-4-6-9(10(7)13)11(15)14(3)8(2)12(16)17/h4-6,8H,1-3H3,(H,16,17). The zero-order valence-electron chi connectivity index (χ0n) is 9.90. The summed E-state index contributed by atoms with van der Waals surface area (Å²) in [5, 5.41) is 8.78. The van der Waals surface area contributed by atoms with Crippen molar-refractivity contribution in [3.8, 4) is 0 Å². The summed E-state index contributed by atoms with van der Waals surface area (Å²) in [5.41, 5.74) is 0.243. The topological polar surface area (TPSA) is 57.6 Å². The van der Waals surface area contributed by atoms with Crippen molar-refractivity contribution in [2.45, 2.75) is 19.9 Å². The molecule has 1 aromatic rings. The Labute approximate surface area is 98.7 Å². The molecule has 0 aliphatic rings. The number of carboxylic acids is 1. The molecule has 0 saturated carbocycles. The third-order valence-corrected chi connectivity index (χ3v) is 2.68. The molecule has 0 heterocycles. The zero-order valence-corrected chi connectivity index (χ0v) is 9.90. The van der Waals surface area contributed by atoms with E-state index in [0.717, 1.165) is 4.90 Å². The summed E-state index contributed by atoms with van der Waals surface area (Å²) in [4.78, 5) is 23.6. The summed E-state index contributed by atoms with van der Waals surface area (Å²) in [6, 6.07) is 3.45. The molecule has 4 nitrogen and oxygen atoms in total. The van der Waals surface area contributed by atoms with Crippen LogP contribution in [0.5, 0.6) is 0 Å². The minimum Gasteiger partial charge on any atom is -0.480 e. The van der Waals surface area contributed by atoms with Gasteiger partial charge in [-0.3, -0.25) is 4.79 Å². The largest absolute Gasteiger partial charge is 0.480 e. The molecule has 1 amide bonds. The van der Waals surface area contributed by atoms with Crippen molar-refractivity contribution >= 4 is 11.9 Å². The predicted molar refractivity (Wildman–Crippen MR) is 60.3 cm³/mol. The number of hydrogen-bond donors (Lipinski definition) is 1. The lowest BCUT2D eigenvalue weighted by Crippen LogP contribution is -2.40. The highest BCUT2D eigenvalue weighted by Gasteiger charge is 2.24. The van der Waals surface area contributed by atoms with Crippen LogP contribution >= 0.6 is 0 Å². The summed E-state index contributed by atoms with van der Waals surface area (Å²) < 4.78 is 13.7. The number of aryl methyl sites for hydroxylation is 1. The van der Waals surface area contributed by atoms with E-state index in [-0.39, 0.29) is 5.56 Å². The van der Waals surface area contributed by atoms with Gasteiger partial charge in [0.2, 0.25) is 0 Å². The Bertz CT molecular complexity index is 459. The molecular formula is C12H14FNO3. The van der Waals surface area contributed by atoms with E-state index in [2.05, 4.69) is 0 Å². The molecule has 17 heavy (non-hydrogen) atoms. The number of carbonyl (C=O) groups excluding carboxylic acids is 1. The molecule has 1 N–H and O–H groups in total. The van der Waals surface area contributed by atoms with Gasteiger partial charge in [0.05, 0.1) is 5.56 Å². The summed E-state index contributed by atoms with van der Waals surface area (Å²) in [6.45, 7) is 2.92. The molecule has 1 unspecified atom stereocenters. The van der Waals surface area contributed by atoms with Crippen molar-refractivity contribution in [3.05, 3.63) is 35.1 Å². The van der Waals surface area contributed by atoms with Crippen LogP contribution in [0.4, 0.5) is 4.39 Å². The van der Waals surface area contributed by atoms with Crippen LogP contribution in [0.3, 0.4) is 0 Å². The number of nitrogens with zero attached hydrogens (tertiary/aromatic N) is 1. The number of amides is 1. The van der Waals surface area contributed by atoms with Crippen LogP contribution < -0.4 is 0 Å². The highest BCUT2D eigenvalue weighted by molar-refractivity contribution is 5.96. The van der Waals surface area contributed by atoms with Crippen LogP contribution in [0, 0.1) is 12.7 Å². The van der Waals surface area contributed by atoms with Gasteiger partial charge in [0.15, 0.2) is 0 Å². The predicted octanol–water partition coefficient (Wildman–Crippen LogP) is 1.68. The molecule has 1 rings (SSSR count). The van der Waals surface area contributed by atoms with E-state index in [9.17, 15) is 14.0 Å². The van der Waals surface area contributed by atoms with E-state index in [1.165, 1.54) is 20.0 Å². The number of benzene rings is 1. The van der Waals surface area contributed by atoms with Gasteiger partial charge < -0.3 is 10.0 Å². The SMILES string of the molecule is Cc1cccc(C(=O)N(C)C(C)C(=O)O)c1F. The van der Waals surface area contributed by atoms with Crippen molar-refractivity contribution in [2.75, 3.05) is 7.05 Å². The number of likely N-dealkylation sites (N-methyl/N-ethyl adjacent to an activating group) is 1. The van der Waals surface area contributed by atoms with Gasteiger partial charge in [0, 0.05) is 7.05 Å². The molecular weight excluding hydrogens is 225 g/mol. The quantitative estimate of drug-likeness (QED) is 0.873. The van der Waals surface area contributed by atoms with Gasteiger partial charge in [-0.05, 0) is 25.5 Å². The minimum atomic E-state index is -1.13. The van der Waals surface area contributed by atoms with Crippen LogP contribution in [0.1, 0.15) is 22.8 Å². The van der Waals surface area contributed by atoms with Crippen LogP contribution in [0.15, 0.2) is 18.2 Å². The molecule has 0 radical (unpaired) electrons. The van der Waals surface area contributed by atoms with Crippen molar-refractivity contribution < 1.29 is 19.1 Å². The number of hydrogen-bond acceptors (Lipinski definition) is 2. The Balaban J connectivity index is 3.05. The van der Waals surface area contributed by atoms with Gasteiger partial charge in [-0.15, -0.1) is 0 Å². The summed E-state index contributed by atoms with van der Waals surface area (Å²) in [6.07, 6.45) is 0. The van der Waals surface area contributed by atoms with Crippen molar-refractivity contribution in [3.63, 3.8) is 0 Å². The van der Waals surface area contributed by atoms with E-state index < -0.39 is 23.7 Å². The molecule has 0 aliphatic heterocycles. The monoisotopic (exact) mass is 239 g/mol. The number of rotatable bonds is 3. The van der Waals surface area contributed by atoms with E-state index in [1.807, 2.05) is 0 Å². The molecule has 1 atom stereocenters. The fourth-order valence-corrected chi connectivity index (χ4v) is 1.34. The first kappa shape index (κ1) is 13.2. The number of carbonyl (C=O) groups is 2. The first-order valence-electron chi connectivity index (χ1n) is 5.11. The average molecular weight is 239 g/mol. The van der Waals surface area contributed by atoms with Crippen LogP contribution in [-0.4, -0.2) is 35.0 Å². The second-order valence-electron chi connectivity index (χ2n) is 3.87. The van der Waals surface area contributed by atoms with Crippen molar-refractivity contribution in [2.24, 2.45) is 0 Å². The number of carboxylic acid groups (broad SMARTS) is 1. The Kier molecular flexibility index (Phi) is 3.83. The Morgan fingerprint density at radius 2 is 2.00 bits per heavy atom. The van der Waals surface area contributed by atoms with Crippen LogP contribution in [0.25, 0.3) is 0 Å². The smallest absolute Gasteiger partial charge is 0.326 e. The Hall–Kier alpha value is -1.91. The van der Waals surface area contributed by atoms with Crippen molar-refractivity contribution in [1.82, 2.24) is 4.90 Å². The highest BCUT2D eigenvalue weighted by Crippen LogP contribution is 2.14. The molecule has 0 spiro atoms. The van der Waals surface area contributed by atoms with Gasteiger partial charge in [0.1, 0.15) is 11.9 Å². The lowest BCUT2D eigenvalue weighted by Gasteiger charge is -2.21. The van der Waals surface area contributed by atoms with E-state index in [1.54, 1.807) is 19.1 Å². The third kappa shape index (κ3) is 2.61. The fourth-order valence-electron chi connectivity index (χ4n) is 1.34. The number of halogens is 1. The van der Waals surface area contributed by atoms with E-state index in [0.29, 0.717) is 5.56 Å². The van der Waals surface area contributed by atoms with Gasteiger partial charge in [-0.2, -0.15) is 0 Å². The summed E-state index contributed by atoms with van der Waals surface area (Å²) in [5.74, 6) is -2.38. The summed E-state index contributed by atoms with van der Waals surface area (Å²) >= 11 is 0. The molecule has 0 bridgehead atoms.